The Morgan fingerprint density at radius 1 is 1.54 bits per heavy atom. The van der Waals surface area contributed by atoms with Crippen molar-refractivity contribution in [1.29, 1.82) is 0 Å². The van der Waals surface area contributed by atoms with Crippen LogP contribution in [0.25, 0.3) is 0 Å². The Morgan fingerprint density at radius 3 is 3.00 bits per heavy atom. The molecule has 72 valence electrons. The highest BCUT2D eigenvalue weighted by molar-refractivity contribution is 5.12. The highest BCUT2D eigenvalue weighted by Crippen LogP contribution is 2.33. The number of nitrogens with zero attached hydrogens (tertiary/aromatic N) is 2. The van der Waals surface area contributed by atoms with Crippen molar-refractivity contribution >= 4 is 0 Å². The monoisotopic (exact) mass is 179 g/mol. The molecular weight excluding hydrogens is 162 g/mol. The van der Waals surface area contributed by atoms with Gasteiger partial charge in [0, 0.05) is 30.9 Å². The molecule has 1 aromatic heterocycles. The van der Waals surface area contributed by atoms with E-state index in [1.807, 2.05) is 17.9 Å². The Labute approximate surface area is 79.1 Å². The molecule has 2 unspecified atom stereocenters. The van der Waals surface area contributed by atoms with Gasteiger partial charge in [-0.2, -0.15) is 5.10 Å². The molecule has 0 radical (unpaired) electrons. The van der Waals surface area contributed by atoms with Gasteiger partial charge in [-0.05, 0) is 26.0 Å². The van der Waals surface area contributed by atoms with E-state index in [1.165, 1.54) is 25.0 Å². The Morgan fingerprint density at radius 2 is 2.38 bits per heavy atom. The summed E-state index contributed by atoms with van der Waals surface area (Å²) in [4.78, 5) is 0. The van der Waals surface area contributed by atoms with E-state index in [0.29, 0.717) is 12.0 Å². The van der Waals surface area contributed by atoms with Gasteiger partial charge in [-0.1, -0.05) is 6.42 Å². The van der Waals surface area contributed by atoms with Crippen LogP contribution in [0.5, 0.6) is 0 Å². The summed E-state index contributed by atoms with van der Waals surface area (Å²) in [6.07, 6.45) is 5.82. The fourth-order valence-corrected chi connectivity index (χ4v) is 2.41. The summed E-state index contributed by atoms with van der Waals surface area (Å²) < 4.78 is 2.00. The molecule has 2 atom stereocenters. The second-order valence-corrected chi connectivity index (χ2v) is 3.81. The largest absolute Gasteiger partial charge is 0.316 e. The van der Waals surface area contributed by atoms with Gasteiger partial charge in [0.25, 0.3) is 0 Å². The van der Waals surface area contributed by atoms with Crippen LogP contribution in [-0.4, -0.2) is 22.9 Å². The topological polar surface area (TPSA) is 29.9 Å². The van der Waals surface area contributed by atoms with E-state index >= 15 is 0 Å². The molecule has 1 fully saturated rings. The maximum absolute atomic E-state index is 4.22. The lowest BCUT2D eigenvalue weighted by Gasteiger charge is -2.18. The van der Waals surface area contributed by atoms with E-state index in [2.05, 4.69) is 23.5 Å². The second kappa shape index (κ2) is 3.50. The third kappa shape index (κ3) is 1.48. The molecule has 1 saturated carbocycles. The summed E-state index contributed by atoms with van der Waals surface area (Å²) in [5, 5.41) is 7.61. The lowest BCUT2D eigenvalue weighted by Crippen LogP contribution is -2.28. The molecule has 0 saturated heterocycles. The molecule has 1 N–H and O–H groups in total. The summed E-state index contributed by atoms with van der Waals surface area (Å²) in [6.45, 7) is 0. The van der Waals surface area contributed by atoms with Crippen molar-refractivity contribution < 1.29 is 0 Å². The average Bonchev–Trinajstić information content (AvgIpc) is 2.71. The number of aryl methyl sites for hydroxylation is 1. The van der Waals surface area contributed by atoms with Gasteiger partial charge in [-0.25, -0.2) is 0 Å². The highest BCUT2D eigenvalue weighted by Gasteiger charge is 2.28. The third-order valence-corrected chi connectivity index (χ3v) is 3.13. The molecule has 1 aliphatic carbocycles. The predicted octanol–water partition coefficient (Wildman–Crippen LogP) is 1.28. The molecule has 1 heterocycles. The number of nitrogens with one attached hydrogen (secondary N) is 1. The Hall–Kier alpha value is -0.830. The van der Waals surface area contributed by atoms with E-state index in [9.17, 15) is 0 Å². The number of aromatic nitrogens is 2. The maximum atomic E-state index is 4.22. The van der Waals surface area contributed by atoms with Gasteiger partial charge < -0.3 is 5.32 Å². The first-order valence-corrected chi connectivity index (χ1v) is 4.98. The first-order valence-electron chi connectivity index (χ1n) is 4.98. The molecular formula is C10H17N3. The van der Waals surface area contributed by atoms with Crippen LogP contribution in [0.1, 0.15) is 30.9 Å². The molecule has 0 aliphatic heterocycles. The molecule has 3 heteroatoms. The summed E-state index contributed by atoms with van der Waals surface area (Å²) in [7, 11) is 4.08. The van der Waals surface area contributed by atoms with Crippen molar-refractivity contribution in [3.63, 3.8) is 0 Å². The van der Waals surface area contributed by atoms with E-state index in [1.54, 1.807) is 0 Å². The second-order valence-electron chi connectivity index (χ2n) is 3.81. The smallest absolute Gasteiger partial charge is 0.0492 e. The zero-order chi connectivity index (χ0) is 9.26. The third-order valence-electron chi connectivity index (χ3n) is 3.13. The molecule has 2 rings (SSSR count). The predicted molar refractivity (Wildman–Crippen MR) is 52.6 cm³/mol. The number of hydrogen-bond acceptors (Lipinski definition) is 2. The first kappa shape index (κ1) is 8.75. The number of rotatable bonds is 2. The quantitative estimate of drug-likeness (QED) is 0.741. The first-order chi connectivity index (χ1) is 6.33. The standard InChI is InChI=1S/C10H17N3/c1-11-9-5-3-4-8(9)10-6-7-12-13(10)2/h6-9,11H,3-5H2,1-2H3. The highest BCUT2D eigenvalue weighted by atomic mass is 15.3. The van der Waals surface area contributed by atoms with Crippen LogP contribution in [-0.2, 0) is 7.05 Å². The van der Waals surface area contributed by atoms with Crippen LogP contribution in [0.4, 0.5) is 0 Å². The zero-order valence-electron chi connectivity index (χ0n) is 8.33. The Balaban J connectivity index is 2.20. The van der Waals surface area contributed by atoms with E-state index in [-0.39, 0.29) is 0 Å². The molecule has 3 nitrogen and oxygen atoms in total. The summed E-state index contributed by atoms with van der Waals surface area (Å²) >= 11 is 0. The van der Waals surface area contributed by atoms with Gasteiger partial charge in [0.1, 0.15) is 0 Å². The minimum atomic E-state index is 0.649. The number of hydrogen-bond donors (Lipinski definition) is 1. The van der Waals surface area contributed by atoms with Gasteiger partial charge in [0.05, 0.1) is 0 Å². The van der Waals surface area contributed by atoms with Crippen LogP contribution < -0.4 is 5.32 Å². The summed E-state index contributed by atoms with van der Waals surface area (Å²) in [5.41, 5.74) is 1.37. The van der Waals surface area contributed by atoms with Gasteiger partial charge in [-0.3, -0.25) is 4.68 Å². The molecule has 0 aromatic carbocycles. The molecule has 0 bridgehead atoms. The van der Waals surface area contributed by atoms with Crippen LogP contribution in [0.15, 0.2) is 12.3 Å². The fourth-order valence-electron chi connectivity index (χ4n) is 2.41. The lowest BCUT2D eigenvalue weighted by atomic mass is 10.00. The molecule has 0 spiro atoms. The normalized spacial score (nSPS) is 28.2. The minimum Gasteiger partial charge on any atom is -0.316 e. The maximum Gasteiger partial charge on any atom is 0.0492 e. The van der Waals surface area contributed by atoms with Crippen molar-refractivity contribution in [3.8, 4) is 0 Å². The minimum absolute atomic E-state index is 0.649. The van der Waals surface area contributed by atoms with Crippen molar-refractivity contribution in [1.82, 2.24) is 15.1 Å². The molecule has 13 heavy (non-hydrogen) atoms. The van der Waals surface area contributed by atoms with Crippen molar-refractivity contribution in [2.75, 3.05) is 7.05 Å². The lowest BCUT2D eigenvalue weighted by molar-refractivity contribution is 0.494. The van der Waals surface area contributed by atoms with E-state index in [4.69, 9.17) is 0 Å². The summed E-state index contributed by atoms with van der Waals surface area (Å²) in [5.74, 6) is 0.664. The van der Waals surface area contributed by atoms with Crippen molar-refractivity contribution in [3.05, 3.63) is 18.0 Å². The molecule has 1 aliphatic rings. The van der Waals surface area contributed by atoms with Crippen molar-refractivity contribution in [2.45, 2.75) is 31.2 Å². The van der Waals surface area contributed by atoms with E-state index < -0.39 is 0 Å². The van der Waals surface area contributed by atoms with Crippen LogP contribution in [0.2, 0.25) is 0 Å². The fraction of sp³-hybridized carbons (Fsp3) is 0.700. The molecule has 1 aromatic rings. The average molecular weight is 179 g/mol. The van der Waals surface area contributed by atoms with Crippen LogP contribution in [0.3, 0.4) is 0 Å². The Kier molecular flexibility index (Phi) is 2.36. The summed E-state index contributed by atoms with van der Waals surface area (Å²) in [6, 6.07) is 2.79. The van der Waals surface area contributed by atoms with Crippen molar-refractivity contribution in [2.24, 2.45) is 7.05 Å². The van der Waals surface area contributed by atoms with Gasteiger partial charge in [0.2, 0.25) is 0 Å². The van der Waals surface area contributed by atoms with Crippen LogP contribution >= 0.6 is 0 Å². The van der Waals surface area contributed by atoms with Gasteiger partial charge in [-0.15, -0.1) is 0 Å². The Bertz CT molecular complexity index is 279. The number of likely N-dealkylation sites (N-methyl/N-ethyl adjacent to an activating group) is 1. The van der Waals surface area contributed by atoms with Gasteiger partial charge >= 0.3 is 0 Å². The van der Waals surface area contributed by atoms with Crippen LogP contribution in [0, 0.1) is 0 Å². The SMILES string of the molecule is CNC1CCCC1c1ccnn1C. The van der Waals surface area contributed by atoms with Gasteiger partial charge in [0.15, 0.2) is 0 Å². The molecule has 0 amide bonds. The van der Waals surface area contributed by atoms with E-state index in [0.717, 1.165) is 0 Å². The zero-order valence-corrected chi connectivity index (χ0v) is 8.33.